The van der Waals surface area contributed by atoms with Gasteiger partial charge in [0.15, 0.2) is 0 Å². The van der Waals surface area contributed by atoms with Gasteiger partial charge in [-0.1, -0.05) is 103 Å². The molecule has 0 amide bonds. The fraction of sp³-hybridized carbons (Fsp3) is 0.0333. The molecule has 2 heterocycles. The zero-order chi connectivity index (χ0) is 22.2. The zero-order valence-corrected chi connectivity index (χ0v) is 18.4. The molecule has 0 saturated carbocycles. The maximum atomic E-state index is 5.24. The number of aryl methyl sites for hydroxylation is 1. The standard InChI is InChI=1S/C30H23N3/c1-22-12-11-19-26(20-22)33-27(23-13-5-2-6-14-23)21-32-29(25-17-9-4-10-18-25)28(31-30(32)33)24-15-7-3-8-16-24/h2-21H,1H3. The Morgan fingerprint density at radius 2 is 1.21 bits per heavy atom. The van der Waals surface area contributed by atoms with E-state index in [0.29, 0.717) is 0 Å². The van der Waals surface area contributed by atoms with E-state index in [1.165, 1.54) is 5.56 Å². The lowest BCUT2D eigenvalue weighted by Crippen LogP contribution is -1.98. The van der Waals surface area contributed by atoms with E-state index >= 15 is 0 Å². The Hall–Kier alpha value is -4.37. The van der Waals surface area contributed by atoms with Crippen LogP contribution in [0.15, 0.2) is 121 Å². The number of fused-ring (bicyclic) bond motifs is 1. The molecule has 0 aliphatic rings. The van der Waals surface area contributed by atoms with Crippen LogP contribution in [0.3, 0.4) is 0 Å². The summed E-state index contributed by atoms with van der Waals surface area (Å²) in [7, 11) is 0. The van der Waals surface area contributed by atoms with Crippen molar-refractivity contribution in [2.75, 3.05) is 0 Å². The Bertz CT molecular complexity index is 1540. The van der Waals surface area contributed by atoms with Crippen molar-refractivity contribution in [2.45, 2.75) is 6.92 Å². The molecule has 3 heteroatoms. The summed E-state index contributed by atoms with van der Waals surface area (Å²) in [4.78, 5) is 5.24. The van der Waals surface area contributed by atoms with E-state index in [-0.39, 0.29) is 0 Å². The molecule has 0 fully saturated rings. The maximum absolute atomic E-state index is 5.24. The van der Waals surface area contributed by atoms with Crippen molar-refractivity contribution in [3.8, 4) is 39.5 Å². The zero-order valence-electron chi connectivity index (χ0n) is 18.4. The molecular formula is C30H23N3. The van der Waals surface area contributed by atoms with Gasteiger partial charge in [-0.2, -0.15) is 0 Å². The highest BCUT2D eigenvalue weighted by atomic mass is 15.2. The van der Waals surface area contributed by atoms with Crippen molar-refractivity contribution in [1.29, 1.82) is 0 Å². The molecule has 0 aliphatic heterocycles. The Kier molecular flexibility index (Phi) is 4.66. The molecule has 6 aromatic rings. The lowest BCUT2D eigenvalue weighted by Gasteiger charge is -2.10. The van der Waals surface area contributed by atoms with Gasteiger partial charge in [0.2, 0.25) is 5.78 Å². The Balaban J connectivity index is 1.73. The number of aromatic nitrogens is 3. The maximum Gasteiger partial charge on any atom is 0.220 e. The van der Waals surface area contributed by atoms with Gasteiger partial charge in [-0.3, -0.25) is 8.97 Å². The topological polar surface area (TPSA) is 22.2 Å². The first-order valence-electron chi connectivity index (χ1n) is 11.2. The van der Waals surface area contributed by atoms with Crippen LogP contribution in [-0.4, -0.2) is 14.0 Å². The molecule has 0 unspecified atom stereocenters. The lowest BCUT2D eigenvalue weighted by molar-refractivity contribution is 1.07. The van der Waals surface area contributed by atoms with Gasteiger partial charge >= 0.3 is 0 Å². The van der Waals surface area contributed by atoms with Crippen LogP contribution in [0.2, 0.25) is 0 Å². The van der Waals surface area contributed by atoms with Crippen LogP contribution >= 0.6 is 0 Å². The van der Waals surface area contributed by atoms with Crippen molar-refractivity contribution < 1.29 is 0 Å². The van der Waals surface area contributed by atoms with E-state index in [1.54, 1.807) is 0 Å². The summed E-state index contributed by atoms with van der Waals surface area (Å²) in [5.74, 6) is 0.900. The van der Waals surface area contributed by atoms with E-state index in [9.17, 15) is 0 Å². The van der Waals surface area contributed by atoms with Crippen LogP contribution in [0, 0.1) is 6.92 Å². The SMILES string of the molecule is Cc1cccc(-n2c(-c3ccccc3)cn3c(-c4ccccc4)c(-c4ccccc4)nc23)c1. The molecule has 4 aromatic carbocycles. The van der Waals surface area contributed by atoms with Crippen molar-refractivity contribution in [1.82, 2.24) is 14.0 Å². The molecule has 158 valence electrons. The quantitative estimate of drug-likeness (QED) is 0.288. The summed E-state index contributed by atoms with van der Waals surface area (Å²) in [6, 6.07) is 40.1. The number of hydrogen-bond donors (Lipinski definition) is 0. The normalized spacial score (nSPS) is 11.2. The van der Waals surface area contributed by atoms with Gasteiger partial charge in [0.05, 0.1) is 17.1 Å². The smallest absolute Gasteiger partial charge is 0.220 e. The molecule has 3 nitrogen and oxygen atoms in total. The second-order valence-electron chi connectivity index (χ2n) is 8.27. The highest BCUT2D eigenvalue weighted by Crippen LogP contribution is 2.36. The van der Waals surface area contributed by atoms with E-state index in [4.69, 9.17) is 4.98 Å². The largest absolute Gasteiger partial charge is 0.282 e. The van der Waals surface area contributed by atoms with Gasteiger partial charge < -0.3 is 0 Å². The Labute approximate surface area is 193 Å². The number of nitrogens with zero attached hydrogens (tertiary/aromatic N) is 3. The highest BCUT2D eigenvalue weighted by molar-refractivity contribution is 5.83. The first kappa shape index (κ1) is 19.3. The van der Waals surface area contributed by atoms with Crippen molar-refractivity contribution in [2.24, 2.45) is 0 Å². The number of rotatable bonds is 4. The van der Waals surface area contributed by atoms with Crippen molar-refractivity contribution >= 4 is 5.78 Å². The van der Waals surface area contributed by atoms with Crippen LogP contribution in [0.25, 0.3) is 45.2 Å². The summed E-state index contributed by atoms with van der Waals surface area (Å²) in [5.41, 5.74) is 8.93. The molecule has 0 bridgehead atoms. The van der Waals surface area contributed by atoms with Crippen molar-refractivity contribution in [3.05, 3.63) is 127 Å². The summed E-state index contributed by atoms with van der Waals surface area (Å²) >= 11 is 0. The molecule has 6 rings (SSSR count). The Morgan fingerprint density at radius 1 is 0.606 bits per heavy atom. The monoisotopic (exact) mass is 425 g/mol. The van der Waals surface area contributed by atoms with E-state index < -0.39 is 0 Å². The van der Waals surface area contributed by atoms with Crippen molar-refractivity contribution in [3.63, 3.8) is 0 Å². The summed E-state index contributed by atoms with van der Waals surface area (Å²) in [5, 5.41) is 0. The minimum atomic E-state index is 0.900. The molecular weight excluding hydrogens is 402 g/mol. The summed E-state index contributed by atoms with van der Waals surface area (Å²) in [6.45, 7) is 2.13. The van der Waals surface area contributed by atoms with E-state index in [0.717, 1.165) is 45.2 Å². The second kappa shape index (κ2) is 7.95. The van der Waals surface area contributed by atoms with Gasteiger partial charge in [-0.15, -0.1) is 0 Å². The Morgan fingerprint density at radius 3 is 1.85 bits per heavy atom. The first-order chi connectivity index (χ1) is 16.3. The van der Waals surface area contributed by atoms with Gasteiger partial charge in [-0.05, 0) is 24.6 Å². The third-order valence-corrected chi connectivity index (χ3v) is 6.01. The molecule has 0 N–H and O–H groups in total. The molecule has 0 spiro atoms. The minimum absolute atomic E-state index is 0.900. The molecule has 0 saturated heterocycles. The third-order valence-electron chi connectivity index (χ3n) is 6.01. The number of imidazole rings is 2. The predicted octanol–water partition coefficient (Wildman–Crippen LogP) is 7.43. The molecule has 0 radical (unpaired) electrons. The summed E-state index contributed by atoms with van der Waals surface area (Å²) < 4.78 is 4.50. The average Bonchev–Trinajstić information content (AvgIpc) is 3.42. The van der Waals surface area contributed by atoms with Gasteiger partial charge in [-0.25, -0.2) is 4.98 Å². The van der Waals surface area contributed by atoms with Crippen LogP contribution < -0.4 is 0 Å². The summed E-state index contributed by atoms with van der Waals surface area (Å²) in [6.07, 6.45) is 2.22. The van der Waals surface area contributed by atoms with Crippen LogP contribution in [0.1, 0.15) is 5.56 Å². The number of benzene rings is 4. The lowest BCUT2D eigenvalue weighted by atomic mass is 10.0. The highest BCUT2D eigenvalue weighted by Gasteiger charge is 2.22. The van der Waals surface area contributed by atoms with Crippen LogP contribution in [-0.2, 0) is 0 Å². The van der Waals surface area contributed by atoms with Crippen LogP contribution in [0.5, 0.6) is 0 Å². The van der Waals surface area contributed by atoms with Crippen LogP contribution in [0.4, 0.5) is 0 Å². The average molecular weight is 426 g/mol. The molecule has 0 aliphatic carbocycles. The molecule has 33 heavy (non-hydrogen) atoms. The van der Waals surface area contributed by atoms with Gasteiger partial charge in [0, 0.05) is 28.6 Å². The first-order valence-corrected chi connectivity index (χ1v) is 11.2. The minimum Gasteiger partial charge on any atom is -0.282 e. The predicted molar refractivity (Wildman–Crippen MR) is 136 cm³/mol. The molecule has 2 aromatic heterocycles. The fourth-order valence-corrected chi connectivity index (χ4v) is 4.49. The van der Waals surface area contributed by atoms with E-state index in [1.807, 2.05) is 6.07 Å². The van der Waals surface area contributed by atoms with E-state index in [2.05, 4.69) is 131 Å². The fourth-order valence-electron chi connectivity index (χ4n) is 4.49. The second-order valence-corrected chi connectivity index (χ2v) is 8.27. The number of hydrogen-bond acceptors (Lipinski definition) is 1. The third kappa shape index (κ3) is 3.35. The van der Waals surface area contributed by atoms with Gasteiger partial charge in [0.25, 0.3) is 0 Å². The molecule has 0 atom stereocenters. The van der Waals surface area contributed by atoms with Gasteiger partial charge in [0.1, 0.15) is 0 Å².